The van der Waals surface area contributed by atoms with Gasteiger partial charge in [-0.2, -0.15) is 0 Å². The van der Waals surface area contributed by atoms with Crippen molar-refractivity contribution >= 4 is 24.2 Å². The lowest BCUT2D eigenvalue weighted by molar-refractivity contribution is -0.179. The van der Waals surface area contributed by atoms with E-state index in [0.717, 1.165) is 0 Å². The Morgan fingerprint density at radius 2 is 1.00 bits per heavy atom. The number of rotatable bonds is 22. The number of carbonyl (C=O) groups excluding carboxylic acids is 4. The van der Waals surface area contributed by atoms with Crippen LogP contribution in [-0.4, -0.2) is 127 Å². The summed E-state index contributed by atoms with van der Waals surface area (Å²) in [7, 11) is 0. The normalized spacial score (nSPS) is 15.5. The van der Waals surface area contributed by atoms with Crippen molar-refractivity contribution < 1.29 is 68.0 Å². The third-order valence-electron chi connectivity index (χ3n) is 4.73. The molecular formula is C26H40O14. The zero-order chi connectivity index (χ0) is 30.8. The molecule has 0 saturated heterocycles. The summed E-state index contributed by atoms with van der Waals surface area (Å²) in [6, 6.07) is 0. The second-order valence-corrected chi connectivity index (χ2v) is 8.88. The van der Waals surface area contributed by atoms with Crippen LogP contribution in [0.3, 0.4) is 0 Å². The second kappa shape index (κ2) is 20.0. The van der Waals surface area contributed by atoms with Crippen LogP contribution in [0.25, 0.3) is 0 Å². The van der Waals surface area contributed by atoms with Gasteiger partial charge in [-0.15, -0.1) is 0 Å². The Kier molecular flexibility index (Phi) is 18.5. The number of ether oxygens (including phenoxy) is 6. The van der Waals surface area contributed by atoms with Crippen LogP contribution in [0.5, 0.6) is 0 Å². The lowest BCUT2D eigenvalue weighted by atomic mass is 10.1. The van der Waals surface area contributed by atoms with Crippen molar-refractivity contribution in [1.29, 1.82) is 0 Å². The summed E-state index contributed by atoms with van der Waals surface area (Å²) in [6.07, 6.45) is -7.98. The molecule has 0 bridgehead atoms. The van der Waals surface area contributed by atoms with Crippen molar-refractivity contribution in [3.63, 3.8) is 0 Å². The second-order valence-electron chi connectivity index (χ2n) is 8.88. The van der Waals surface area contributed by atoms with Gasteiger partial charge in [0.05, 0.1) is 26.4 Å². The summed E-state index contributed by atoms with van der Waals surface area (Å²) in [5.74, 6) is -2.22. The highest BCUT2D eigenvalue weighted by molar-refractivity contribution is 5.87. The molecule has 0 heterocycles. The molecular weight excluding hydrogens is 536 g/mol. The van der Waals surface area contributed by atoms with E-state index in [4.69, 9.17) is 28.4 Å². The van der Waals surface area contributed by atoms with E-state index < -0.39 is 101 Å². The minimum absolute atomic E-state index is 0.106. The number of hydrogen-bond donors (Lipinski definition) is 4. The van der Waals surface area contributed by atoms with E-state index in [9.17, 15) is 39.6 Å². The monoisotopic (exact) mass is 576 g/mol. The Labute approximate surface area is 232 Å². The number of carbonyl (C=O) groups is 4. The summed E-state index contributed by atoms with van der Waals surface area (Å²) in [5, 5.41) is 40.2. The molecule has 0 aliphatic carbocycles. The molecule has 3 unspecified atom stereocenters. The first-order valence-corrected chi connectivity index (χ1v) is 12.2. The fraction of sp³-hybridized carbons (Fsp3) is 0.615. The largest absolute Gasteiger partial charge is 0.460 e. The average molecular weight is 577 g/mol. The molecule has 0 saturated carbocycles. The summed E-state index contributed by atoms with van der Waals surface area (Å²) < 4.78 is 30.9. The first kappa shape index (κ1) is 37.0. The van der Waals surface area contributed by atoms with Crippen molar-refractivity contribution in [2.75, 3.05) is 46.2 Å². The molecule has 0 aliphatic rings. The zero-order valence-electron chi connectivity index (χ0n) is 23.0. The van der Waals surface area contributed by atoms with Gasteiger partial charge in [-0.25, -0.2) is 14.4 Å². The molecule has 14 nitrogen and oxygen atoms in total. The Balaban J connectivity index is 5.38. The summed E-state index contributed by atoms with van der Waals surface area (Å²) in [4.78, 5) is 46.4. The lowest BCUT2D eigenvalue weighted by Gasteiger charge is -2.31. The molecule has 0 aliphatic heterocycles. The van der Waals surface area contributed by atoms with Crippen LogP contribution in [0, 0.1) is 0 Å². The molecule has 0 amide bonds. The number of hydrogen-bond acceptors (Lipinski definition) is 14. The maximum absolute atomic E-state index is 11.9. The minimum atomic E-state index is -1.49. The molecule has 0 radical (unpaired) electrons. The molecule has 0 aromatic heterocycles. The zero-order valence-corrected chi connectivity index (χ0v) is 23.0. The maximum Gasteiger partial charge on any atom is 0.333 e. The highest BCUT2D eigenvalue weighted by Gasteiger charge is 2.34. The van der Waals surface area contributed by atoms with Crippen LogP contribution in [0.15, 0.2) is 36.5 Å². The summed E-state index contributed by atoms with van der Waals surface area (Å²) in [6.45, 7) is 10.8. The lowest BCUT2D eigenvalue weighted by Crippen LogP contribution is -2.48. The van der Waals surface area contributed by atoms with Gasteiger partial charge in [0.25, 0.3) is 0 Å². The van der Waals surface area contributed by atoms with E-state index in [1.165, 1.54) is 20.8 Å². The van der Waals surface area contributed by atoms with Gasteiger partial charge in [0, 0.05) is 16.7 Å². The van der Waals surface area contributed by atoms with Gasteiger partial charge in [-0.1, -0.05) is 19.7 Å². The summed E-state index contributed by atoms with van der Waals surface area (Å²) >= 11 is 0. The van der Waals surface area contributed by atoms with Gasteiger partial charge in [-0.3, -0.25) is 0 Å². The molecule has 0 aromatic rings. The third kappa shape index (κ3) is 15.6. The number of aliphatic hydroxyl groups excluding tert-OH is 4. The smallest absolute Gasteiger partial charge is 0.333 e. The van der Waals surface area contributed by atoms with Crippen LogP contribution in [-0.2, 0) is 47.6 Å². The van der Waals surface area contributed by atoms with Gasteiger partial charge in [0.15, 0.2) is 6.29 Å². The molecule has 0 rings (SSSR count). The highest BCUT2D eigenvalue weighted by atomic mass is 16.6. The van der Waals surface area contributed by atoms with Crippen molar-refractivity contribution in [1.82, 2.24) is 0 Å². The average Bonchev–Trinajstić information content (AvgIpc) is 2.91. The van der Waals surface area contributed by atoms with Crippen LogP contribution < -0.4 is 0 Å². The van der Waals surface area contributed by atoms with Gasteiger partial charge in [-0.05, 0) is 20.8 Å². The number of aliphatic hydroxyl groups is 4. The number of aldehydes is 1. The number of esters is 3. The van der Waals surface area contributed by atoms with E-state index in [-0.39, 0.29) is 16.7 Å². The van der Waals surface area contributed by atoms with Crippen LogP contribution in [0.1, 0.15) is 20.8 Å². The van der Waals surface area contributed by atoms with E-state index >= 15 is 0 Å². The van der Waals surface area contributed by atoms with Crippen molar-refractivity contribution in [3.8, 4) is 0 Å². The quantitative estimate of drug-likeness (QED) is 0.0516. The highest BCUT2D eigenvalue weighted by Crippen LogP contribution is 2.14. The van der Waals surface area contributed by atoms with Gasteiger partial charge < -0.3 is 53.6 Å². The Morgan fingerprint density at radius 1 is 0.650 bits per heavy atom. The Morgan fingerprint density at radius 3 is 1.32 bits per heavy atom. The minimum Gasteiger partial charge on any atom is -0.460 e. The fourth-order valence-corrected chi connectivity index (χ4v) is 2.59. The standard InChI is InChI=1S/C26H40O14/c1-15(2)24(32)38-12-18(29)9-35-21(7-27)23(37-11-20(31)14-40-26(34)17(5)6)22(8-28)36-10-19(30)13-39-25(33)16(3)4/h7,18-23,28-31H,1,3,5,8-14H2,2,4,6H3/t18?,19?,20?,21-,22+,23-/m0/s1. The molecule has 0 spiro atoms. The van der Waals surface area contributed by atoms with E-state index in [1.807, 2.05) is 0 Å². The van der Waals surface area contributed by atoms with Crippen molar-refractivity contribution in [3.05, 3.63) is 36.5 Å². The third-order valence-corrected chi connectivity index (χ3v) is 4.73. The van der Waals surface area contributed by atoms with Gasteiger partial charge >= 0.3 is 17.9 Å². The predicted molar refractivity (Wildman–Crippen MR) is 138 cm³/mol. The Bertz CT molecular complexity index is 869. The van der Waals surface area contributed by atoms with Gasteiger partial charge in [0.2, 0.25) is 0 Å². The first-order chi connectivity index (χ1) is 18.7. The van der Waals surface area contributed by atoms with E-state index in [2.05, 4.69) is 19.7 Å². The van der Waals surface area contributed by atoms with Crippen molar-refractivity contribution in [2.45, 2.75) is 57.4 Å². The molecule has 0 aromatic carbocycles. The van der Waals surface area contributed by atoms with Crippen LogP contribution >= 0.6 is 0 Å². The topological polar surface area (TPSA) is 205 Å². The molecule has 228 valence electrons. The molecule has 4 N–H and O–H groups in total. The Hall–Kier alpha value is -2.98. The molecule has 0 fully saturated rings. The van der Waals surface area contributed by atoms with E-state index in [1.54, 1.807) is 0 Å². The van der Waals surface area contributed by atoms with Crippen LogP contribution in [0.4, 0.5) is 0 Å². The fourth-order valence-electron chi connectivity index (χ4n) is 2.59. The molecule has 40 heavy (non-hydrogen) atoms. The SMILES string of the molecule is C=C(C)C(=O)OCC(O)CO[C@@H]([C@H](C=O)OCC(O)COC(=O)C(=C)C)[C@@H](CO)OCC(O)COC(=O)C(=C)C. The summed E-state index contributed by atoms with van der Waals surface area (Å²) in [5.41, 5.74) is 0.332. The first-order valence-electron chi connectivity index (χ1n) is 12.2. The van der Waals surface area contributed by atoms with Crippen LogP contribution in [0.2, 0.25) is 0 Å². The maximum atomic E-state index is 11.9. The van der Waals surface area contributed by atoms with Crippen molar-refractivity contribution in [2.24, 2.45) is 0 Å². The molecule has 14 heteroatoms. The van der Waals surface area contributed by atoms with Gasteiger partial charge in [0.1, 0.15) is 56.4 Å². The molecule has 6 atom stereocenters. The predicted octanol–water partition coefficient (Wildman–Crippen LogP) is -1.23. The van der Waals surface area contributed by atoms with E-state index in [0.29, 0.717) is 6.29 Å².